The van der Waals surface area contributed by atoms with Crippen molar-refractivity contribution in [3.63, 3.8) is 0 Å². The Kier molecular flexibility index (Phi) is 7.41. The summed E-state index contributed by atoms with van der Waals surface area (Å²) in [4.78, 5) is 26.5. The highest BCUT2D eigenvalue weighted by Crippen LogP contribution is 2.40. The molecule has 0 aromatic heterocycles. The zero-order chi connectivity index (χ0) is 21.6. The number of rotatable bonds is 8. The lowest BCUT2D eigenvalue weighted by Gasteiger charge is -2.22. The number of benzene rings is 2. The van der Waals surface area contributed by atoms with Crippen LogP contribution in [0.4, 0.5) is 4.39 Å². The van der Waals surface area contributed by atoms with Crippen molar-refractivity contribution in [3.05, 3.63) is 53.3 Å². The number of hydrogen-bond acceptors (Lipinski definition) is 6. The van der Waals surface area contributed by atoms with Gasteiger partial charge in [0.05, 0.1) is 21.3 Å². The summed E-state index contributed by atoms with van der Waals surface area (Å²) in [6, 6.07) is 8.95. The third kappa shape index (κ3) is 5.16. The quantitative estimate of drug-likeness (QED) is 0.629. The number of hydrogen-bond donors (Lipinski definition) is 0. The van der Waals surface area contributed by atoms with Gasteiger partial charge in [0.15, 0.2) is 17.6 Å². The predicted octanol–water partition coefficient (Wildman–Crippen LogP) is 3.06. The second kappa shape index (κ2) is 9.77. The molecule has 1 unspecified atom stereocenters. The average molecular weight is 405 g/mol. The molecule has 8 heteroatoms. The molecular weight excluding hydrogens is 381 g/mol. The van der Waals surface area contributed by atoms with Crippen LogP contribution >= 0.6 is 0 Å². The summed E-state index contributed by atoms with van der Waals surface area (Å²) in [7, 11) is 5.82. The maximum absolute atomic E-state index is 13.3. The van der Waals surface area contributed by atoms with Gasteiger partial charge in [-0.3, -0.25) is 4.79 Å². The Morgan fingerprint density at radius 3 is 2.31 bits per heavy atom. The lowest BCUT2D eigenvalue weighted by molar-refractivity contribution is -0.139. The number of likely N-dealkylation sites (N-methyl/N-ethyl adjacent to an activating group) is 1. The molecular formula is C21H24FNO6. The molecule has 0 aliphatic carbocycles. The van der Waals surface area contributed by atoms with E-state index in [-0.39, 0.29) is 29.4 Å². The van der Waals surface area contributed by atoms with Crippen LogP contribution in [0.3, 0.4) is 0 Å². The second-order valence-corrected chi connectivity index (χ2v) is 6.25. The lowest BCUT2D eigenvalue weighted by Crippen LogP contribution is -2.37. The molecule has 2 aromatic rings. The molecule has 0 radical (unpaired) electrons. The van der Waals surface area contributed by atoms with Gasteiger partial charge in [0.1, 0.15) is 11.4 Å². The van der Waals surface area contributed by atoms with Gasteiger partial charge < -0.3 is 23.8 Å². The Bertz CT molecular complexity index is 885. The zero-order valence-electron chi connectivity index (χ0n) is 17.0. The van der Waals surface area contributed by atoms with Gasteiger partial charge in [-0.05, 0) is 36.8 Å². The van der Waals surface area contributed by atoms with Gasteiger partial charge >= 0.3 is 5.97 Å². The second-order valence-electron chi connectivity index (χ2n) is 6.25. The van der Waals surface area contributed by atoms with E-state index < -0.39 is 18.0 Å². The Hall–Kier alpha value is -3.29. The summed E-state index contributed by atoms with van der Waals surface area (Å²) in [6.45, 7) is 1.65. The molecule has 0 bridgehead atoms. The summed E-state index contributed by atoms with van der Waals surface area (Å²) in [5, 5.41) is 0. The van der Waals surface area contributed by atoms with Crippen LogP contribution in [-0.2, 0) is 16.1 Å². The van der Waals surface area contributed by atoms with Gasteiger partial charge in [0, 0.05) is 13.6 Å². The van der Waals surface area contributed by atoms with Crippen LogP contribution in [0.2, 0.25) is 0 Å². The van der Waals surface area contributed by atoms with Crippen LogP contribution in [0.25, 0.3) is 0 Å². The maximum Gasteiger partial charge on any atom is 0.342 e. The van der Waals surface area contributed by atoms with Crippen LogP contribution in [0.5, 0.6) is 17.2 Å². The largest absolute Gasteiger partial charge is 0.493 e. The van der Waals surface area contributed by atoms with Crippen LogP contribution in [0.1, 0.15) is 22.8 Å². The predicted molar refractivity (Wildman–Crippen MR) is 104 cm³/mol. The van der Waals surface area contributed by atoms with Crippen LogP contribution in [0, 0.1) is 5.82 Å². The van der Waals surface area contributed by atoms with Crippen LogP contribution in [-0.4, -0.2) is 51.3 Å². The molecule has 0 N–H and O–H groups in total. The van der Waals surface area contributed by atoms with Gasteiger partial charge in [-0.25, -0.2) is 9.18 Å². The minimum absolute atomic E-state index is 0.0950. The van der Waals surface area contributed by atoms with E-state index in [1.165, 1.54) is 51.4 Å². The molecule has 0 saturated heterocycles. The third-order valence-corrected chi connectivity index (χ3v) is 4.24. The average Bonchev–Trinajstić information content (AvgIpc) is 2.71. The Balaban J connectivity index is 2.12. The van der Waals surface area contributed by atoms with Gasteiger partial charge in [-0.15, -0.1) is 0 Å². The standard InChI is InChI=1S/C21H24FNO6/c1-13(20(24)23(2)12-14-7-6-8-15(22)11-14)29-21(25)16-9-10-17(26-3)19(28-5)18(16)27-4/h6-11,13H,12H2,1-5H3. The number of methoxy groups -OCH3 is 3. The first-order valence-corrected chi connectivity index (χ1v) is 8.81. The third-order valence-electron chi connectivity index (χ3n) is 4.24. The van der Waals surface area contributed by atoms with E-state index in [2.05, 4.69) is 0 Å². The van der Waals surface area contributed by atoms with Crippen molar-refractivity contribution in [3.8, 4) is 17.2 Å². The highest BCUT2D eigenvalue weighted by atomic mass is 19.1. The number of carbonyl (C=O) groups excluding carboxylic acids is 2. The van der Waals surface area contributed by atoms with Crippen molar-refractivity contribution in [2.75, 3.05) is 28.4 Å². The number of carbonyl (C=O) groups is 2. The molecule has 2 aromatic carbocycles. The fraction of sp³-hybridized carbons (Fsp3) is 0.333. The van der Waals surface area contributed by atoms with Crippen molar-refractivity contribution < 1.29 is 32.9 Å². The first-order chi connectivity index (χ1) is 13.8. The van der Waals surface area contributed by atoms with Crippen molar-refractivity contribution in [1.29, 1.82) is 0 Å². The van der Waals surface area contributed by atoms with E-state index in [1.54, 1.807) is 25.2 Å². The van der Waals surface area contributed by atoms with E-state index >= 15 is 0 Å². The Labute approximate surface area is 168 Å². The number of halogens is 1. The van der Waals surface area contributed by atoms with Gasteiger partial charge in [0.2, 0.25) is 5.75 Å². The fourth-order valence-electron chi connectivity index (χ4n) is 2.83. The fourth-order valence-corrected chi connectivity index (χ4v) is 2.83. The summed E-state index contributed by atoms with van der Waals surface area (Å²) in [6.07, 6.45) is -1.06. The molecule has 1 atom stereocenters. The summed E-state index contributed by atoms with van der Waals surface area (Å²) in [5.41, 5.74) is 0.721. The molecule has 7 nitrogen and oxygen atoms in total. The molecule has 156 valence electrons. The topological polar surface area (TPSA) is 74.3 Å². The zero-order valence-corrected chi connectivity index (χ0v) is 17.0. The van der Waals surface area contributed by atoms with Crippen molar-refractivity contribution >= 4 is 11.9 Å². The smallest absolute Gasteiger partial charge is 0.342 e. The summed E-state index contributed by atoms with van der Waals surface area (Å²) >= 11 is 0. The highest BCUT2D eigenvalue weighted by Gasteiger charge is 2.26. The molecule has 0 saturated carbocycles. The van der Waals surface area contributed by atoms with Crippen molar-refractivity contribution in [1.82, 2.24) is 4.90 Å². The monoisotopic (exact) mass is 405 g/mol. The van der Waals surface area contributed by atoms with Crippen LogP contribution < -0.4 is 14.2 Å². The Morgan fingerprint density at radius 2 is 1.72 bits per heavy atom. The molecule has 0 aliphatic rings. The van der Waals surface area contributed by atoms with Gasteiger partial charge in [-0.1, -0.05) is 12.1 Å². The van der Waals surface area contributed by atoms with E-state index in [0.717, 1.165) is 0 Å². The van der Waals surface area contributed by atoms with E-state index in [0.29, 0.717) is 11.3 Å². The highest BCUT2D eigenvalue weighted by molar-refractivity contribution is 5.96. The van der Waals surface area contributed by atoms with Crippen molar-refractivity contribution in [2.45, 2.75) is 19.6 Å². The first-order valence-electron chi connectivity index (χ1n) is 8.81. The normalized spacial score (nSPS) is 11.4. The van der Waals surface area contributed by atoms with E-state index in [4.69, 9.17) is 18.9 Å². The molecule has 1 amide bonds. The number of ether oxygens (including phenoxy) is 4. The van der Waals surface area contributed by atoms with E-state index in [1.807, 2.05) is 0 Å². The number of amides is 1. The molecule has 0 heterocycles. The first kappa shape index (κ1) is 22.0. The SMILES string of the molecule is COc1ccc(C(=O)OC(C)C(=O)N(C)Cc2cccc(F)c2)c(OC)c1OC. The van der Waals surface area contributed by atoms with Gasteiger partial charge in [-0.2, -0.15) is 0 Å². The van der Waals surface area contributed by atoms with Crippen LogP contribution in [0.15, 0.2) is 36.4 Å². The Morgan fingerprint density at radius 1 is 1.03 bits per heavy atom. The minimum Gasteiger partial charge on any atom is -0.493 e. The molecule has 0 aliphatic heterocycles. The molecule has 0 fully saturated rings. The summed E-state index contributed by atoms with van der Waals surface area (Å²) < 4.78 is 34.3. The van der Waals surface area contributed by atoms with E-state index in [9.17, 15) is 14.0 Å². The summed E-state index contributed by atoms with van der Waals surface area (Å²) in [5.74, 6) is -0.788. The number of nitrogens with zero attached hydrogens (tertiary/aromatic N) is 1. The van der Waals surface area contributed by atoms with Crippen molar-refractivity contribution in [2.24, 2.45) is 0 Å². The number of esters is 1. The molecule has 29 heavy (non-hydrogen) atoms. The van der Waals surface area contributed by atoms with Gasteiger partial charge in [0.25, 0.3) is 5.91 Å². The molecule has 2 rings (SSSR count). The lowest BCUT2D eigenvalue weighted by atomic mass is 10.1. The minimum atomic E-state index is -1.06. The molecule has 0 spiro atoms. The maximum atomic E-state index is 13.3.